The zero-order valence-corrected chi connectivity index (χ0v) is 18.7. The molecule has 0 aliphatic carbocycles. The molecule has 2 aliphatic heterocycles. The van der Waals surface area contributed by atoms with Crippen molar-refractivity contribution in [1.82, 2.24) is 14.8 Å². The highest BCUT2D eigenvalue weighted by Crippen LogP contribution is 2.39. The van der Waals surface area contributed by atoms with Crippen molar-refractivity contribution in [2.24, 2.45) is 0 Å². The van der Waals surface area contributed by atoms with Gasteiger partial charge in [0, 0.05) is 37.4 Å². The number of rotatable bonds is 5. The summed E-state index contributed by atoms with van der Waals surface area (Å²) in [5.74, 6) is 0.428. The minimum absolute atomic E-state index is 0.00335. The minimum Gasteiger partial charge on any atom is -0.478 e. The average molecular weight is 458 g/mol. The van der Waals surface area contributed by atoms with Crippen LogP contribution in [0.2, 0.25) is 0 Å². The predicted molar refractivity (Wildman–Crippen MR) is 115 cm³/mol. The van der Waals surface area contributed by atoms with E-state index in [1.807, 2.05) is 32.0 Å². The number of pyridine rings is 1. The summed E-state index contributed by atoms with van der Waals surface area (Å²) in [6.07, 6.45) is -2.67. The van der Waals surface area contributed by atoms with Crippen LogP contribution >= 0.6 is 0 Å². The van der Waals surface area contributed by atoms with Crippen LogP contribution in [0.15, 0.2) is 30.5 Å². The lowest BCUT2D eigenvalue weighted by Crippen LogP contribution is -2.49. The maximum atomic E-state index is 12.9. The lowest BCUT2D eigenvalue weighted by atomic mass is 9.96. The van der Waals surface area contributed by atoms with Gasteiger partial charge in [0.2, 0.25) is 0 Å². The van der Waals surface area contributed by atoms with Crippen LogP contribution in [-0.2, 0) is 6.18 Å². The molecule has 174 valence electrons. The van der Waals surface area contributed by atoms with Crippen molar-refractivity contribution in [3.63, 3.8) is 0 Å². The number of ether oxygens (including phenoxy) is 1. The Morgan fingerprint density at radius 2 is 1.97 bits per heavy atom. The molecule has 6 nitrogen and oxygen atoms in total. The number of likely N-dealkylation sites (tertiary alicyclic amines) is 2. The van der Waals surface area contributed by atoms with E-state index >= 15 is 0 Å². The Hall–Kier alpha value is -3.12. The number of halogens is 3. The summed E-state index contributed by atoms with van der Waals surface area (Å²) in [6.45, 7) is 7.41. The highest BCUT2D eigenvalue weighted by molar-refractivity contribution is 5.94. The van der Waals surface area contributed by atoms with Gasteiger partial charge in [-0.05, 0) is 62.1 Å². The van der Waals surface area contributed by atoms with Crippen molar-refractivity contribution < 1.29 is 22.7 Å². The lowest BCUT2D eigenvalue weighted by Gasteiger charge is -2.38. The molecule has 2 fully saturated rings. The van der Waals surface area contributed by atoms with E-state index in [1.165, 1.54) is 11.6 Å². The number of carbonyl (C=O) groups is 1. The van der Waals surface area contributed by atoms with E-state index in [2.05, 4.69) is 16.8 Å². The summed E-state index contributed by atoms with van der Waals surface area (Å²) in [4.78, 5) is 20.5. The molecule has 0 N–H and O–H groups in total. The smallest absolute Gasteiger partial charge is 0.433 e. The van der Waals surface area contributed by atoms with Crippen LogP contribution in [-0.4, -0.2) is 52.5 Å². The fourth-order valence-corrected chi connectivity index (χ4v) is 4.99. The number of nitrogens with zero attached hydrogens (tertiary/aromatic N) is 4. The molecule has 0 saturated carbocycles. The van der Waals surface area contributed by atoms with E-state index in [-0.39, 0.29) is 36.2 Å². The molecule has 4 rings (SSSR count). The van der Waals surface area contributed by atoms with E-state index in [1.54, 1.807) is 4.90 Å². The third kappa shape index (κ3) is 4.27. The van der Waals surface area contributed by atoms with Crippen molar-refractivity contribution >= 4 is 5.91 Å². The number of piperazine rings is 1. The van der Waals surface area contributed by atoms with Crippen molar-refractivity contribution in [3.8, 4) is 11.8 Å². The Labute approximate surface area is 190 Å². The van der Waals surface area contributed by atoms with Crippen LogP contribution in [0.25, 0.3) is 0 Å². The number of benzene rings is 1. The van der Waals surface area contributed by atoms with Gasteiger partial charge in [-0.15, -0.1) is 0 Å². The van der Waals surface area contributed by atoms with Crippen LogP contribution in [0, 0.1) is 25.2 Å². The van der Waals surface area contributed by atoms with Gasteiger partial charge in [0.1, 0.15) is 17.5 Å². The summed E-state index contributed by atoms with van der Waals surface area (Å²) < 4.78 is 43.7. The Bertz CT molecular complexity index is 1090. The number of nitriles is 1. The molecule has 2 aliphatic rings. The van der Waals surface area contributed by atoms with Crippen LogP contribution in [0.5, 0.6) is 5.75 Å². The summed E-state index contributed by atoms with van der Waals surface area (Å²) in [5.41, 5.74) is 2.47. The molecule has 33 heavy (non-hydrogen) atoms. The molecule has 3 heterocycles. The largest absolute Gasteiger partial charge is 0.478 e. The van der Waals surface area contributed by atoms with E-state index in [0.717, 1.165) is 29.8 Å². The Morgan fingerprint density at radius 3 is 2.55 bits per heavy atom. The van der Waals surface area contributed by atoms with Gasteiger partial charge in [-0.25, -0.2) is 0 Å². The standard InChI is InChI=1S/C24H25F3N4O2/c1-14-15(2)21(33-9-8-28)6-5-20(14)16(3)30-12-19-10-18(30)13-31(19)23(32)17-4-7-22(29-11-17)24(25,26)27/h4-7,11,16,18-19H,9-10,12-13H2,1-3H3/t16-,18?,19?/m0/s1. The maximum absolute atomic E-state index is 12.9. The Balaban J connectivity index is 1.45. The molecule has 9 heteroatoms. The molecule has 1 aromatic heterocycles. The molecule has 1 aromatic carbocycles. The van der Waals surface area contributed by atoms with Crippen LogP contribution < -0.4 is 4.74 Å². The number of hydrogen-bond acceptors (Lipinski definition) is 5. The highest BCUT2D eigenvalue weighted by atomic mass is 19.4. The van der Waals surface area contributed by atoms with Crippen LogP contribution in [0.1, 0.15) is 52.1 Å². The van der Waals surface area contributed by atoms with Gasteiger partial charge < -0.3 is 9.64 Å². The minimum atomic E-state index is -4.53. The first-order chi connectivity index (χ1) is 15.6. The van der Waals surface area contributed by atoms with Crippen molar-refractivity contribution in [3.05, 3.63) is 58.4 Å². The van der Waals surface area contributed by atoms with Gasteiger partial charge in [0.25, 0.3) is 5.91 Å². The zero-order valence-electron chi connectivity index (χ0n) is 18.7. The summed E-state index contributed by atoms with van der Waals surface area (Å²) >= 11 is 0. The number of aromatic nitrogens is 1. The van der Waals surface area contributed by atoms with Gasteiger partial charge in [-0.2, -0.15) is 18.4 Å². The molecule has 2 bridgehead atoms. The first-order valence-corrected chi connectivity index (χ1v) is 10.8. The SMILES string of the molecule is Cc1c(OCC#N)ccc([C@H](C)N2CC3CC2CN3C(=O)c2ccc(C(F)(F)F)nc2)c1C. The van der Waals surface area contributed by atoms with Gasteiger partial charge >= 0.3 is 6.18 Å². The Morgan fingerprint density at radius 1 is 1.21 bits per heavy atom. The average Bonchev–Trinajstić information content (AvgIpc) is 3.40. The molecule has 2 saturated heterocycles. The molecular formula is C24H25F3N4O2. The molecule has 0 radical (unpaired) electrons. The first kappa shape index (κ1) is 23.1. The summed E-state index contributed by atoms with van der Waals surface area (Å²) in [7, 11) is 0. The number of amides is 1. The normalized spacial score (nSPS) is 21.2. The van der Waals surface area contributed by atoms with E-state index in [4.69, 9.17) is 10.00 Å². The zero-order chi connectivity index (χ0) is 23.9. The van der Waals surface area contributed by atoms with E-state index in [9.17, 15) is 18.0 Å². The van der Waals surface area contributed by atoms with Gasteiger partial charge in [0.05, 0.1) is 5.56 Å². The number of carbonyl (C=O) groups excluding carboxylic acids is 1. The molecule has 2 aromatic rings. The topological polar surface area (TPSA) is 69.5 Å². The second-order valence-electron chi connectivity index (χ2n) is 8.65. The fraction of sp³-hybridized carbons (Fsp3) is 0.458. The summed E-state index contributed by atoms with van der Waals surface area (Å²) in [5, 5.41) is 8.75. The maximum Gasteiger partial charge on any atom is 0.433 e. The van der Waals surface area contributed by atoms with Crippen molar-refractivity contribution in [2.75, 3.05) is 19.7 Å². The summed E-state index contributed by atoms with van der Waals surface area (Å²) in [6, 6.07) is 8.30. The monoisotopic (exact) mass is 458 g/mol. The van der Waals surface area contributed by atoms with Crippen LogP contribution in [0.4, 0.5) is 13.2 Å². The second-order valence-corrected chi connectivity index (χ2v) is 8.65. The lowest BCUT2D eigenvalue weighted by molar-refractivity contribution is -0.141. The number of fused-ring (bicyclic) bond motifs is 2. The Kier molecular flexibility index (Phi) is 6.06. The molecule has 2 unspecified atom stereocenters. The van der Waals surface area contributed by atoms with Gasteiger partial charge in [-0.3, -0.25) is 14.7 Å². The molecule has 3 atom stereocenters. The van der Waals surface area contributed by atoms with Crippen molar-refractivity contribution in [1.29, 1.82) is 5.26 Å². The first-order valence-electron chi connectivity index (χ1n) is 10.8. The molecule has 1 amide bonds. The fourth-order valence-electron chi connectivity index (χ4n) is 4.99. The number of hydrogen-bond donors (Lipinski definition) is 0. The van der Waals surface area contributed by atoms with Crippen LogP contribution in [0.3, 0.4) is 0 Å². The highest BCUT2D eigenvalue weighted by Gasteiger charge is 2.47. The van der Waals surface area contributed by atoms with Gasteiger partial charge in [0.15, 0.2) is 6.61 Å². The van der Waals surface area contributed by atoms with Crippen molar-refractivity contribution in [2.45, 2.75) is 51.5 Å². The van der Waals surface area contributed by atoms with Gasteiger partial charge in [-0.1, -0.05) is 6.07 Å². The molecule has 0 spiro atoms. The predicted octanol–water partition coefficient (Wildman–Crippen LogP) is 4.28. The quantitative estimate of drug-likeness (QED) is 0.669. The third-order valence-electron chi connectivity index (χ3n) is 6.86. The van der Waals surface area contributed by atoms with E-state index in [0.29, 0.717) is 18.8 Å². The second kappa shape index (κ2) is 8.67. The van der Waals surface area contributed by atoms with E-state index < -0.39 is 11.9 Å². The molecular weight excluding hydrogens is 433 g/mol. The third-order valence-corrected chi connectivity index (χ3v) is 6.86. The number of alkyl halides is 3.